The summed E-state index contributed by atoms with van der Waals surface area (Å²) >= 11 is 0. The van der Waals surface area contributed by atoms with Crippen molar-refractivity contribution in [2.45, 2.75) is 62.7 Å². The molecule has 2 aromatic rings. The van der Waals surface area contributed by atoms with Gasteiger partial charge in [-0.2, -0.15) is 0 Å². The minimum absolute atomic E-state index is 0.115. The van der Waals surface area contributed by atoms with Crippen LogP contribution in [-0.4, -0.2) is 50.2 Å². The van der Waals surface area contributed by atoms with Crippen molar-refractivity contribution in [3.05, 3.63) is 65.2 Å². The van der Waals surface area contributed by atoms with E-state index in [1.807, 2.05) is 6.07 Å². The second-order valence-corrected chi connectivity index (χ2v) is 11.9. The van der Waals surface area contributed by atoms with Crippen LogP contribution in [0.15, 0.2) is 48.5 Å². The van der Waals surface area contributed by atoms with Crippen LogP contribution in [0.5, 0.6) is 0 Å². The SMILES string of the molecule is CCC([C@H]1CCN(c2ccc3c(c2)[C@@H](Cc2ccccc2)[C@@H](N2CCC2)CC3)C1=O)S(N)(=O)=O. The lowest BCUT2D eigenvalue weighted by Crippen LogP contribution is -2.50. The molecule has 2 saturated heterocycles. The van der Waals surface area contributed by atoms with Gasteiger partial charge in [-0.05, 0) is 80.4 Å². The second kappa shape index (κ2) is 9.44. The van der Waals surface area contributed by atoms with E-state index in [1.165, 1.54) is 42.6 Å². The second-order valence-electron chi connectivity index (χ2n) is 10.1. The number of sulfonamides is 1. The van der Waals surface area contributed by atoms with Gasteiger partial charge in [-0.1, -0.05) is 43.3 Å². The highest BCUT2D eigenvalue weighted by Gasteiger charge is 2.42. The third-order valence-electron chi connectivity index (χ3n) is 8.19. The molecule has 0 bridgehead atoms. The van der Waals surface area contributed by atoms with E-state index in [2.05, 4.69) is 47.4 Å². The average molecular weight is 482 g/mol. The molecule has 182 valence electrons. The molecule has 1 unspecified atom stereocenters. The van der Waals surface area contributed by atoms with Gasteiger partial charge in [-0.3, -0.25) is 9.69 Å². The minimum Gasteiger partial charge on any atom is -0.312 e. The fraction of sp³-hybridized carbons (Fsp3) is 0.519. The third-order valence-corrected chi connectivity index (χ3v) is 9.70. The van der Waals surface area contributed by atoms with Crippen LogP contribution >= 0.6 is 0 Å². The van der Waals surface area contributed by atoms with E-state index >= 15 is 0 Å². The molecule has 0 saturated carbocycles. The Morgan fingerprint density at radius 3 is 2.47 bits per heavy atom. The summed E-state index contributed by atoms with van der Waals surface area (Å²) in [5, 5.41) is 4.64. The number of hydrogen-bond acceptors (Lipinski definition) is 4. The van der Waals surface area contributed by atoms with E-state index in [4.69, 9.17) is 5.14 Å². The van der Waals surface area contributed by atoms with Crippen LogP contribution in [0.2, 0.25) is 0 Å². The quantitative estimate of drug-likeness (QED) is 0.657. The number of rotatable bonds is 7. The van der Waals surface area contributed by atoms with Crippen LogP contribution in [0.25, 0.3) is 0 Å². The van der Waals surface area contributed by atoms with E-state index in [-0.39, 0.29) is 5.91 Å². The summed E-state index contributed by atoms with van der Waals surface area (Å²) in [5.41, 5.74) is 4.95. The number of fused-ring (bicyclic) bond motifs is 1. The van der Waals surface area contributed by atoms with Crippen molar-refractivity contribution in [3.8, 4) is 0 Å². The van der Waals surface area contributed by atoms with Gasteiger partial charge in [0.2, 0.25) is 15.9 Å². The lowest BCUT2D eigenvalue weighted by atomic mass is 9.74. The zero-order valence-electron chi connectivity index (χ0n) is 19.9. The first kappa shape index (κ1) is 23.5. The van der Waals surface area contributed by atoms with Gasteiger partial charge in [0.1, 0.15) is 0 Å². The molecule has 3 aliphatic rings. The maximum atomic E-state index is 13.3. The Kier molecular flexibility index (Phi) is 6.53. The van der Waals surface area contributed by atoms with E-state index in [0.717, 1.165) is 18.5 Å². The first-order chi connectivity index (χ1) is 16.4. The van der Waals surface area contributed by atoms with Crippen molar-refractivity contribution in [1.29, 1.82) is 0 Å². The maximum absolute atomic E-state index is 13.3. The Labute approximate surface area is 203 Å². The van der Waals surface area contributed by atoms with Crippen LogP contribution in [-0.2, 0) is 27.7 Å². The largest absolute Gasteiger partial charge is 0.312 e. The molecule has 6 nitrogen and oxygen atoms in total. The van der Waals surface area contributed by atoms with E-state index in [1.54, 1.807) is 11.8 Å². The number of likely N-dealkylation sites (tertiary alicyclic amines) is 1. The van der Waals surface area contributed by atoms with Crippen LogP contribution < -0.4 is 10.0 Å². The molecule has 4 atom stereocenters. The molecule has 2 heterocycles. The van der Waals surface area contributed by atoms with Crippen LogP contribution in [0.1, 0.15) is 55.2 Å². The van der Waals surface area contributed by atoms with Gasteiger partial charge >= 0.3 is 0 Å². The van der Waals surface area contributed by atoms with E-state index < -0.39 is 21.2 Å². The zero-order chi connectivity index (χ0) is 23.9. The minimum atomic E-state index is -3.76. The van der Waals surface area contributed by atoms with Crippen molar-refractivity contribution in [2.24, 2.45) is 11.1 Å². The molecule has 0 aromatic heterocycles. The van der Waals surface area contributed by atoms with Gasteiger partial charge in [0.15, 0.2) is 0 Å². The van der Waals surface area contributed by atoms with Crippen LogP contribution in [0, 0.1) is 5.92 Å². The van der Waals surface area contributed by atoms with E-state index in [0.29, 0.717) is 31.3 Å². The Hall–Kier alpha value is -2.22. The highest BCUT2D eigenvalue weighted by atomic mass is 32.2. The summed E-state index contributed by atoms with van der Waals surface area (Å²) in [6.07, 6.45) is 5.35. The molecule has 0 spiro atoms. The summed E-state index contributed by atoms with van der Waals surface area (Å²) in [6, 6.07) is 17.6. The number of carbonyl (C=O) groups excluding carboxylic acids is 1. The highest BCUT2D eigenvalue weighted by Crippen LogP contribution is 2.41. The molecule has 2 N–H and O–H groups in total. The average Bonchev–Trinajstić information content (AvgIpc) is 3.15. The lowest BCUT2D eigenvalue weighted by Gasteiger charge is -2.45. The summed E-state index contributed by atoms with van der Waals surface area (Å²) in [7, 11) is -3.76. The standard InChI is InChI=1S/C27H35N3O3S/c1-2-26(34(28,32)33)22-13-16-30(27(22)31)21-11-9-20-10-12-25(29-14-6-15-29)24(23(20)18-21)17-19-7-4-3-5-8-19/h3-5,7-9,11,18,22,24-26H,2,6,10,12-17H2,1H3,(H2,28,32,33)/t22-,24-,25+,26?/m1/s1. The molecule has 34 heavy (non-hydrogen) atoms. The molecule has 2 fully saturated rings. The predicted molar refractivity (Wildman–Crippen MR) is 135 cm³/mol. The topological polar surface area (TPSA) is 83.7 Å². The first-order valence-corrected chi connectivity index (χ1v) is 14.2. The molecular weight excluding hydrogens is 446 g/mol. The monoisotopic (exact) mass is 481 g/mol. The summed E-state index contributed by atoms with van der Waals surface area (Å²) in [5.74, 6) is -0.298. The van der Waals surface area contributed by atoms with Gasteiger partial charge in [-0.25, -0.2) is 13.6 Å². The molecule has 7 heteroatoms. The Balaban J connectivity index is 1.46. The maximum Gasteiger partial charge on any atom is 0.231 e. The summed E-state index contributed by atoms with van der Waals surface area (Å²) < 4.78 is 24.2. The molecule has 1 amide bonds. The number of nitrogens with zero attached hydrogens (tertiary/aromatic N) is 2. The summed E-state index contributed by atoms with van der Waals surface area (Å²) in [4.78, 5) is 17.7. The van der Waals surface area contributed by atoms with Gasteiger partial charge in [0, 0.05) is 24.2 Å². The third kappa shape index (κ3) is 4.41. The smallest absolute Gasteiger partial charge is 0.231 e. The number of primary sulfonamides is 1. The molecule has 2 aromatic carbocycles. The van der Waals surface area contributed by atoms with Gasteiger partial charge in [0.25, 0.3) is 0 Å². The molecule has 1 aliphatic carbocycles. The summed E-state index contributed by atoms with van der Waals surface area (Å²) in [6.45, 7) is 4.66. The normalized spacial score (nSPS) is 26.2. The van der Waals surface area contributed by atoms with Crippen molar-refractivity contribution >= 4 is 21.6 Å². The Morgan fingerprint density at radius 2 is 1.82 bits per heavy atom. The number of amides is 1. The number of anilines is 1. The van der Waals surface area contributed by atoms with Gasteiger partial charge < -0.3 is 4.90 Å². The Bertz CT molecular complexity index is 1150. The lowest BCUT2D eigenvalue weighted by molar-refractivity contribution is -0.120. The first-order valence-electron chi connectivity index (χ1n) is 12.6. The fourth-order valence-corrected chi connectivity index (χ4v) is 7.48. The Morgan fingerprint density at radius 1 is 1.06 bits per heavy atom. The molecule has 2 aliphatic heterocycles. The van der Waals surface area contributed by atoms with Gasteiger partial charge in [0.05, 0.1) is 11.2 Å². The van der Waals surface area contributed by atoms with Crippen LogP contribution in [0.3, 0.4) is 0 Å². The van der Waals surface area contributed by atoms with Crippen molar-refractivity contribution in [1.82, 2.24) is 4.90 Å². The number of benzene rings is 2. The number of nitrogens with two attached hydrogens (primary N) is 1. The molecular formula is C27H35N3O3S. The van der Waals surface area contributed by atoms with Crippen molar-refractivity contribution in [2.75, 3.05) is 24.5 Å². The van der Waals surface area contributed by atoms with Crippen LogP contribution in [0.4, 0.5) is 5.69 Å². The fourth-order valence-electron chi connectivity index (χ4n) is 6.31. The van der Waals surface area contributed by atoms with Gasteiger partial charge in [-0.15, -0.1) is 0 Å². The van der Waals surface area contributed by atoms with Crippen molar-refractivity contribution in [3.63, 3.8) is 0 Å². The van der Waals surface area contributed by atoms with Crippen molar-refractivity contribution < 1.29 is 13.2 Å². The highest BCUT2D eigenvalue weighted by molar-refractivity contribution is 7.89. The predicted octanol–water partition coefficient (Wildman–Crippen LogP) is 3.45. The molecule has 5 rings (SSSR count). The zero-order valence-corrected chi connectivity index (χ0v) is 20.7. The molecule has 0 radical (unpaired) electrons. The number of carbonyl (C=O) groups is 1. The number of hydrogen-bond donors (Lipinski definition) is 1. The number of aryl methyl sites for hydroxylation is 1. The van der Waals surface area contributed by atoms with E-state index in [9.17, 15) is 13.2 Å².